The van der Waals surface area contributed by atoms with Gasteiger partial charge in [0.2, 0.25) is 0 Å². The quantitative estimate of drug-likeness (QED) is 0.689. The first-order chi connectivity index (χ1) is 6.68. The number of rotatable bonds is 3. The summed E-state index contributed by atoms with van der Waals surface area (Å²) in [4.78, 5) is 13.9. The van der Waals surface area contributed by atoms with E-state index >= 15 is 0 Å². The SMILES string of the molecule is CCCC1(N2CCC(=O)CC2C)CC1. The topological polar surface area (TPSA) is 20.3 Å². The van der Waals surface area contributed by atoms with E-state index in [1.807, 2.05) is 0 Å². The zero-order valence-corrected chi connectivity index (χ0v) is 9.38. The Morgan fingerprint density at radius 1 is 1.50 bits per heavy atom. The van der Waals surface area contributed by atoms with Gasteiger partial charge in [-0.3, -0.25) is 9.69 Å². The van der Waals surface area contributed by atoms with Crippen molar-refractivity contribution in [1.82, 2.24) is 4.90 Å². The summed E-state index contributed by atoms with van der Waals surface area (Å²) in [7, 11) is 0. The highest BCUT2D eigenvalue weighted by atomic mass is 16.1. The summed E-state index contributed by atoms with van der Waals surface area (Å²) in [5.41, 5.74) is 0.509. The van der Waals surface area contributed by atoms with Gasteiger partial charge in [0.1, 0.15) is 5.78 Å². The molecule has 1 saturated heterocycles. The van der Waals surface area contributed by atoms with Gasteiger partial charge in [-0.1, -0.05) is 13.3 Å². The molecule has 80 valence electrons. The lowest BCUT2D eigenvalue weighted by Gasteiger charge is -2.39. The van der Waals surface area contributed by atoms with E-state index in [2.05, 4.69) is 18.7 Å². The van der Waals surface area contributed by atoms with Crippen LogP contribution in [0.1, 0.15) is 52.4 Å². The third-order valence-corrected chi connectivity index (χ3v) is 3.84. The Hall–Kier alpha value is -0.370. The molecule has 1 unspecified atom stereocenters. The second-order valence-corrected chi connectivity index (χ2v) is 5.01. The average Bonchev–Trinajstić information content (AvgIpc) is 2.86. The molecule has 0 radical (unpaired) electrons. The Balaban J connectivity index is 2.00. The predicted octanol–water partition coefficient (Wildman–Crippen LogP) is 2.37. The lowest BCUT2D eigenvalue weighted by Crippen LogP contribution is -2.48. The molecule has 0 aromatic heterocycles. The molecule has 2 fully saturated rings. The molecule has 1 aliphatic heterocycles. The molecule has 2 nitrogen and oxygen atoms in total. The van der Waals surface area contributed by atoms with E-state index in [9.17, 15) is 4.79 Å². The molecule has 0 N–H and O–H groups in total. The van der Waals surface area contributed by atoms with Crippen molar-refractivity contribution in [3.8, 4) is 0 Å². The van der Waals surface area contributed by atoms with E-state index < -0.39 is 0 Å². The standard InChI is InChI=1S/C12H21NO/c1-3-5-12(6-7-12)13-8-4-11(14)9-10(13)2/h10H,3-9H2,1-2H3. The van der Waals surface area contributed by atoms with Gasteiger partial charge in [0, 0.05) is 31.0 Å². The Kier molecular flexibility index (Phi) is 2.65. The van der Waals surface area contributed by atoms with Crippen molar-refractivity contribution in [2.75, 3.05) is 6.54 Å². The molecular formula is C12H21NO. The third-order valence-electron chi connectivity index (χ3n) is 3.84. The Labute approximate surface area is 86.7 Å². The second kappa shape index (κ2) is 3.65. The van der Waals surface area contributed by atoms with Gasteiger partial charge in [-0.25, -0.2) is 0 Å². The predicted molar refractivity (Wildman–Crippen MR) is 57.3 cm³/mol. The summed E-state index contributed by atoms with van der Waals surface area (Å²) >= 11 is 0. The highest BCUT2D eigenvalue weighted by Gasteiger charge is 2.49. The maximum atomic E-state index is 11.3. The molecule has 0 amide bonds. The smallest absolute Gasteiger partial charge is 0.135 e. The molecule has 0 aromatic carbocycles. The van der Waals surface area contributed by atoms with Gasteiger partial charge in [-0.15, -0.1) is 0 Å². The van der Waals surface area contributed by atoms with Gasteiger partial charge in [0.15, 0.2) is 0 Å². The van der Waals surface area contributed by atoms with E-state index in [-0.39, 0.29) is 0 Å². The molecular weight excluding hydrogens is 174 g/mol. The number of likely N-dealkylation sites (tertiary alicyclic amines) is 1. The van der Waals surface area contributed by atoms with Gasteiger partial charge < -0.3 is 0 Å². The highest BCUT2D eigenvalue weighted by Crippen LogP contribution is 2.47. The Morgan fingerprint density at radius 2 is 2.21 bits per heavy atom. The second-order valence-electron chi connectivity index (χ2n) is 5.01. The fourth-order valence-electron chi connectivity index (χ4n) is 3.00. The number of Topliss-reactive ketones (excluding diaryl/α,β-unsaturated/α-hetero) is 1. The average molecular weight is 195 g/mol. The van der Waals surface area contributed by atoms with Crippen LogP contribution in [0, 0.1) is 0 Å². The van der Waals surface area contributed by atoms with Crippen molar-refractivity contribution in [2.45, 2.75) is 64.0 Å². The van der Waals surface area contributed by atoms with Crippen LogP contribution in [0.15, 0.2) is 0 Å². The van der Waals surface area contributed by atoms with Crippen molar-refractivity contribution >= 4 is 5.78 Å². The number of hydrogen-bond donors (Lipinski definition) is 0. The van der Waals surface area contributed by atoms with Crippen molar-refractivity contribution in [3.05, 3.63) is 0 Å². The van der Waals surface area contributed by atoms with Gasteiger partial charge in [-0.05, 0) is 26.2 Å². The largest absolute Gasteiger partial charge is 0.300 e. The molecule has 1 atom stereocenters. The number of nitrogens with zero attached hydrogens (tertiary/aromatic N) is 1. The lowest BCUT2D eigenvalue weighted by molar-refractivity contribution is -0.123. The molecule has 0 spiro atoms. The summed E-state index contributed by atoms with van der Waals surface area (Å²) < 4.78 is 0. The lowest BCUT2D eigenvalue weighted by atomic mass is 9.97. The van der Waals surface area contributed by atoms with E-state index in [1.165, 1.54) is 25.7 Å². The van der Waals surface area contributed by atoms with Crippen LogP contribution >= 0.6 is 0 Å². The first kappa shape index (κ1) is 10.2. The van der Waals surface area contributed by atoms with Crippen LogP contribution in [-0.2, 0) is 4.79 Å². The van der Waals surface area contributed by atoms with Crippen LogP contribution in [0.3, 0.4) is 0 Å². The molecule has 2 rings (SSSR count). The molecule has 1 heterocycles. The summed E-state index contributed by atoms with van der Waals surface area (Å²) in [5, 5.41) is 0. The number of piperidine rings is 1. The fraction of sp³-hybridized carbons (Fsp3) is 0.917. The Bertz CT molecular complexity index is 232. The normalized spacial score (nSPS) is 31.9. The van der Waals surface area contributed by atoms with Crippen molar-refractivity contribution in [1.29, 1.82) is 0 Å². The number of hydrogen-bond acceptors (Lipinski definition) is 2. The van der Waals surface area contributed by atoms with Gasteiger partial charge in [0.25, 0.3) is 0 Å². The monoisotopic (exact) mass is 195 g/mol. The minimum Gasteiger partial charge on any atom is -0.300 e. The van der Waals surface area contributed by atoms with Crippen LogP contribution in [-0.4, -0.2) is 28.8 Å². The van der Waals surface area contributed by atoms with Gasteiger partial charge in [0.05, 0.1) is 0 Å². The first-order valence-corrected chi connectivity index (χ1v) is 5.96. The minimum absolute atomic E-state index is 0.459. The minimum atomic E-state index is 0.459. The van der Waals surface area contributed by atoms with Crippen molar-refractivity contribution in [3.63, 3.8) is 0 Å². The molecule has 1 saturated carbocycles. The van der Waals surface area contributed by atoms with E-state index in [4.69, 9.17) is 0 Å². The van der Waals surface area contributed by atoms with Crippen molar-refractivity contribution < 1.29 is 4.79 Å². The summed E-state index contributed by atoms with van der Waals surface area (Å²) in [5.74, 6) is 0.459. The van der Waals surface area contributed by atoms with Gasteiger partial charge >= 0.3 is 0 Å². The fourth-order valence-corrected chi connectivity index (χ4v) is 3.00. The number of ketones is 1. The van der Waals surface area contributed by atoms with Crippen LogP contribution in [0.25, 0.3) is 0 Å². The van der Waals surface area contributed by atoms with Gasteiger partial charge in [-0.2, -0.15) is 0 Å². The Morgan fingerprint density at radius 3 is 2.71 bits per heavy atom. The molecule has 1 aliphatic carbocycles. The summed E-state index contributed by atoms with van der Waals surface area (Å²) in [6.07, 6.45) is 6.89. The van der Waals surface area contributed by atoms with Crippen LogP contribution < -0.4 is 0 Å². The summed E-state index contributed by atoms with van der Waals surface area (Å²) in [6.45, 7) is 5.49. The van der Waals surface area contributed by atoms with Crippen molar-refractivity contribution in [2.24, 2.45) is 0 Å². The number of carbonyl (C=O) groups excluding carboxylic acids is 1. The molecule has 0 bridgehead atoms. The third kappa shape index (κ3) is 1.72. The van der Waals surface area contributed by atoms with E-state index in [1.54, 1.807) is 0 Å². The zero-order valence-electron chi connectivity index (χ0n) is 9.38. The molecule has 2 heteroatoms. The van der Waals surface area contributed by atoms with E-state index in [0.29, 0.717) is 17.4 Å². The van der Waals surface area contributed by atoms with Crippen LogP contribution in [0.2, 0.25) is 0 Å². The van der Waals surface area contributed by atoms with Crippen LogP contribution in [0.4, 0.5) is 0 Å². The maximum Gasteiger partial charge on any atom is 0.135 e. The molecule has 0 aromatic rings. The highest BCUT2D eigenvalue weighted by molar-refractivity contribution is 5.80. The van der Waals surface area contributed by atoms with E-state index in [0.717, 1.165) is 19.4 Å². The maximum absolute atomic E-state index is 11.3. The molecule has 14 heavy (non-hydrogen) atoms. The first-order valence-electron chi connectivity index (χ1n) is 5.96. The van der Waals surface area contributed by atoms with Crippen LogP contribution in [0.5, 0.6) is 0 Å². The molecule has 2 aliphatic rings. The number of carbonyl (C=O) groups is 1. The summed E-state index contributed by atoms with van der Waals surface area (Å²) in [6, 6.07) is 0.491. The zero-order chi connectivity index (χ0) is 10.2.